The predicted octanol–water partition coefficient (Wildman–Crippen LogP) is 0.529. The van der Waals surface area contributed by atoms with Gasteiger partial charge in [-0.15, -0.1) is 0 Å². The number of aliphatic hydroxyl groups is 1. The first kappa shape index (κ1) is 6.50. The Morgan fingerprint density at radius 1 is 1.86 bits per heavy atom. The zero-order chi connectivity index (χ0) is 5.70. The van der Waals surface area contributed by atoms with Crippen LogP contribution >= 0.6 is 0 Å². The van der Waals surface area contributed by atoms with E-state index in [1.165, 1.54) is 7.11 Å². The molecule has 0 rings (SSSR count). The van der Waals surface area contributed by atoms with E-state index in [4.69, 9.17) is 5.11 Å². The summed E-state index contributed by atoms with van der Waals surface area (Å²) in [5.74, 6) is 0.611. The van der Waals surface area contributed by atoms with Gasteiger partial charge >= 0.3 is 0 Å². The second-order valence-corrected chi connectivity index (χ2v) is 1.12. The normalized spacial score (nSPS) is 11.6. The van der Waals surface area contributed by atoms with Crippen molar-refractivity contribution in [3.05, 3.63) is 11.8 Å². The topological polar surface area (TPSA) is 29.5 Å². The number of hydrogen-bond acceptors (Lipinski definition) is 2. The van der Waals surface area contributed by atoms with Gasteiger partial charge in [0.15, 0.2) is 0 Å². The summed E-state index contributed by atoms with van der Waals surface area (Å²) in [6.07, 6.45) is 1.72. The summed E-state index contributed by atoms with van der Waals surface area (Å²) in [6, 6.07) is 0. The maximum Gasteiger partial charge on any atom is 0.117 e. The van der Waals surface area contributed by atoms with Crippen molar-refractivity contribution in [3.8, 4) is 0 Å². The number of rotatable bonds is 2. The van der Waals surface area contributed by atoms with E-state index < -0.39 is 0 Å². The molecule has 0 spiro atoms. The van der Waals surface area contributed by atoms with Gasteiger partial charge in [0.05, 0.1) is 7.11 Å². The third kappa shape index (κ3) is 2.23. The molecular weight excluding hydrogens is 92.1 g/mol. The van der Waals surface area contributed by atoms with Crippen LogP contribution in [0.5, 0.6) is 0 Å². The van der Waals surface area contributed by atoms with Gasteiger partial charge < -0.3 is 9.84 Å². The minimum Gasteiger partial charge on any atom is -0.499 e. The highest BCUT2D eigenvalue weighted by Crippen LogP contribution is 1.89. The summed E-state index contributed by atoms with van der Waals surface area (Å²) in [5, 5.41) is 8.33. The van der Waals surface area contributed by atoms with Crippen LogP contribution in [0.3, 0.4) is 0 Å². The smallest absolute Gasteiger partial charge is 0.117 e. The summed E-state index contributed by atoms with van der Waals surface area (Å²) in [4.78, 5) is 0. The predicted molar refractivity (Wildman–Crippen MR) is 27.9 cm³/mol. The Morgan fingerprint density at radius 3 is 2.43 bits per heavy atom. The molecule has 2 heteroatoms. The van der Waals surface area contributed by atoms with Gasteiger partial charge in [-0.25, -0.2) is 0 Å². The Balaban J connectivity index is 3.38. The summed E-state index contributed by atoms with van der Waals surface area (Å²) in [6.45, 7) is 1.81. The molecule has 0 bridgehead atoms. The van der Waals surface area contributed by atoms with Crippen LogP contribution in [0.25, 0.3) is 0 Å². The average molecular weight is 102 g/mol. The number of ether oxygens (including phenoxy) is 1. The van der Waals surface area contributed by atoms with Crippen LogP contribution in [0.1, 0.15) is 6.92 Å². The second kappa shape index (κ2) is 3.68. The highest BCUT2D eigenvalue weighted by molar-refractivity contribution is 4.88. The number of aliphatic hydroxyl groups excluding tert-OH is 1. The number of methoxy groups -OCH3 is 1. The van der Waals surface area contributed by atoms with E-state index in [-0.39, 0.29) is 6.61 Å². The van der Waals surface area contributed by atoms with Crippen LogP contribution < -0.4 is 0 Å². The first-order valence-electron chi connectivity index (χ1n) is 2.15. The van der Waals surface area contributed by atoms with Gasteiger partial charge in [-0.3, -0.25) is 0 Å². The van der Waals surface area contributed by atoms with Crippen LogP contribution in [0.4, 0.5) is 0 Å². The van der Waals surface area contributed by atoms with E-state index in [1.807, 2.05) is 6.92 Å². The molecule has 0 aliphatic heterocycles. The summed E-state index contributed by atoms with van der Waals surface area (Å²) >= 11 is 0. The molecule has 0 saturated heterocycles. The third-order valence-electron chi connectivity index (χ3n) is 0.740. The van der Waals surface area contributed by atoms with Crippen molar-refractivity contribution < 1.29 is 9.84 Å². The summed E-state index contributed by atoms with van der Waals surface area (Å²) < 4.78 is 4.66. The lowest BCUT2D eigenvalue weighted by atomic mass is 10.5. The van der Waals surface area contributed by atoms with E-state index in [1.54, 1.807) is 6.08 Å². The van der Waals surface area contributed by atoms with Crippen molar-refractivity contribution >= 4 is 0 Å². The second-order valence-electron chi connectivity index (χ2n) is 1.12. The molecule has 7 heavy (non-hydrogen) atoms. The molecule has 2 nitrogen and oxygen atoms in total. The van der Waals surface area contributed by atoms with Crippen LogP contribution in [0, 0.1) is 0 Å². The van der Waals surface area contributed by atoms with Gasteiger partial charge in [0, 0.05) is 0 Å². The lowest BCUT2D eigenvalue weighted by molar-refractivity contribution is 0.206. The minimum absolute atomic E-state index is 0.00694. The van der Waals surface area contributed by atoms with Gasteiger partial charge in [0.2, 0.25) is 0 Å². The molecule has 0 amide bonds. The van der Waals surface area contributed by atoms with Crippen LogP contribution in [-0.2, 0) is 4.74 Å². The van der Waals surface area contributed by atoms with Crippen molar-refractivity contribution in [2.45, 2.75) is 6.92 Å². The standard InChI is InChI=1S/C5H10O2/c1-3-5(4-6)7-2/h3,6H,4H2,1-2H3/b5-3+. The molecule has 42 valence electrons. The Bertz CT molecular complexity index is 60.5. The molecule has 0 unspecified atom stereocenters. The van der Waals surface area contributed by atoms with Gasteiger partial charge in [-0.2, -0.15) is 0 Å². The number of allylic oxidation sites excluding steroid dienone is 1. The Labute approximate surface area is 43.4 Å². The summed E-state index contributed by atoms with van der Waals surface area (Å²) in [5.41, 5.74) is 0. The molecule has 0 saturated carbocycles. The quantitative estimate of drug-likeness (QED) is 0.515. The Morgan fingerprint density at radius 2 is 2.43 bits per heavy atom. The molecule has 0 aliphatic rings. The maximum atomic E-state index is 8.33. The third-order valence-corrected chi connectivity index (χ3v) is 0.740. The van der Waals surface area contributed by atoms with Gasteiger partial charge in [-0.05, 0) is 13.0 Å². The van der Waals surface area contributed by atoms with E-state index in [9.17, 15) is 0 Å². The molecule has 0 heterocycles. The first-order valence-corrected chi connectivity index (χ1v) is 2.15. The average Bonchev–Trinajstić information content (AvgIpc) is 1.72. The fraction of sp³-hybridized carbons (Fsp3) is 0.600. The molecule has 0 aromatic heterocycles. The first-order chi connectivity index (χ1) is 3.35. The lowest BCUT2D eigenvalue weighted by Crippen LogP contribution is -1.90. The van der Waals surface area contributed by atoms with Crippen molar-refractivity contribution in [2.24, 2.45) is 0 Å². The van der Waals surface area contributed by atoms with E-state index in [0.29, 0.717) is 5.76 Å². The van der Waals surface area contributed by atoms with Crippen molar-refractivity contribution in [2.75, 3.05) is 13.7 Å². The highest BCUT2D eigenvalue weighted by atomic mass is 16.5. The zero-order valence-electron chi connectivity index (χ0n) is 4.64. The van der Waals surface area contributed by atoms with Crippen molar-refractivity contribution in [3.63, 3.8) is 0 Å². The van der Waals surface area contributed by atoms with Crippen LogP contribution in [-0.4, -0.2) is 18.8 Å². The van der Waals surface area contributed by atoms with Crippen LogP contribution in [0.15, 0.2) is 11.8 Å². The van der Waals surface area contributed by atoms with E-state index in [2.05, 4.69) is 4.74 Å². The van der Waals surface area contributed by atoms with Crippen molar-refractivity contribution in [1.82, 2.24) is 0 Å². The molecule has 0 aliphatic carbocycles. The molecule has 0 aromatic carbocycles. The highest BCUT2D eigenvalue weighted by Gasteiger charge is 1.84. The van der Waals surface area contributed by atoms with Crippen molar-refractivity contribution in [1.29, 1.82) is 0 Å². The van der Waals surface area contributed by atoms with Crippen LogP contribution in [0.2, 0.25) is 0 Å². The van der Waals surface area contributed by atoms with Gasteiger partial charge in [-0.1, -0.05) is 0 Å². The lowest BCUT2D eigenvalue weighted by Gasteiger charge is -1.96. The SMILES string of the molecule is C/C=C(\CO)OC. The largest absolute Gasteiger partial charge is 0.499 e. The fourth-order valence-electron chi connectivity index (χ4n) is 0.274. The van der Waals surface area contributed by atoms with E-state index >= 15 is 0 Å². The maximum absolute atomic E-state index is 8.33. The Hall–Kier alpha value is -0.500. The zero-order valence-corrected chi connectivity index (χ0v) is 4.64. The molecule has 0 fully saturated rings. The minimum atomic E-state index is -0.00694. The molecule has 0 aromatic rings. The number of hydrogen-bond donors (Lipinski definition) is 1. The van der Waals surface area contributed by atoms with Gasteiger partial charge in [0.1, 0.15) is 12.4 Å². The Kier molecular flexibility index (Phi) is 3.42. The summed E-state index contributed by atoms with van der Waals surface area (Å²) in [7, 11) is 1.53. The monoisotopic (exact) mass is 102 g/mol. The van der Waals surface area contributed by atoms with E-state index in [0.717, 1.165) is 0 Å². The van der Waals surface area contributed by atoms with Gasteiger partial charge in [0.25, 0.3) is 0 Å². The molecular formula is C5H10O2. The molecule has 0 radical (unpaired) electrons. The molecule has 1 N–H and O–H groups in total. The molecule has 0 atom stereocenters. The fourth-order valence-corrected chi connectivity index (χ4v) is 0.274.